The maximum absolute atomic E-state index is 2.44. The van der Waals surface area contributed by atoms with E-state index in [2.05, 4.69) is 55.4 Å². The van der Waals surface area contributed by atoms with Crippen molar-refractivity contribution in [3.63, 3.8) is 0 Å². The van der Waals surface area contributed by atoms with Gasteiger partial charge in [0.1, 0.15) is 0 Å². The molecule has 0 aromatic carbocycles. The highest BCUT2D eigenvalue weighted by atomic mass is 14.6. The average molecular weight is 449 g/mol. The van der Waals surface area contributed by atoms with Crippen LogP contribution in [0.2, 0.25) is 0 Å². The molecule has 0 heteroatoms. The summed E-state index contributed by atoms with van der Waals surface area (Å²) in [5.41, 5.74) is 2.99. The standard InChI is InChI=1S/2C14H26.2C2H6/c2*1-11(2)13-5-8-14(9-6-13,10-7-13)12(3)4;2*1-2/h2*11-12H,5-10H2,1-4H3;2*1-2H3. The van der Waals surface area contributed by atoms with Crippen molar-refractivity contribution >= 4 is 0 Å². The van der Waals surface area contributed by atoms with Gasteiger partial charge in [-0.3, -0.25) is 0 Å². The monoisotopic (exact) mass is 449 g/mol. The van der Waals surface area contributed by atoms with E-state index in [4.69, 9.17) is 0 Å². The van der Waals surface area contributed by atoms with E-state index in [-0.39, 0.29) is 0 Å². The van der Waals surface area contributed by atoms with Gasteiger partial charge in [0.05, 0.1) is 0 Å². The summed E-state index contributed by atoms with van der Waals surface area (Å²) in [6, 6.07) is 0. The van der Waals surface area contributed by atoms with Crippen molar-refractivity contribution in [2.45, 2.75) is 160 Å². The molecule has 0 N–H and O–H groups in total. The minimum absolute atomic E-state index is 0.747. The van der Waals surface area contributed by atoms with Crippen LogP contribution in [-0.2, 0) is 0 Å². The molecule has 6 saturated carbocycles. The van der Waals surface area contributed by atoms with Gasteiger partial charge in [-0.05, 0) is 122 Å². The average Bonchev–Trinajstić information content (AvgIpc) is 2.84. The summed E-state index contributed by atoms with van der Waals surface area (Å²) in [4.78, 5) is 0. The Kier molecular flexibility index (Phi) is 11.4. The molecule has 192 valence electrons. The van der Waals surface area contributed by atoms with Crippen molar-refractivity contribution in [1.82, 2.24) is 0 Å². The normalized spacial score (nSPS) is 37.5. The van der Waals surface area contributed by atoms with Gasteiger partial charge >= 0.3 is 0 Å². The lowest BCUT2D eigenvalue weighted by Crippen LogP contribution is -2.46. The van der Waals surface area contributed by atoms with Gasteiger partial charge in [-0.25, -0.2) is 0 Å². The van der Waals surface area contributed by atoms with Gasteiger partial charge in [0.2, 0.25) is 0 Å². The molecule has 0 heterocycles. The van der Waals surface area contributed by atoms with Crippen LogP contribution < -0.4 is 0 Å². The van der Waals surface area contributed by atoms with Gasteiger partial charge in [-0.1, -0.05) is 83.1 Å². The first-order chi connectivity index (χ1) is 15.0. The lowest BCUT2D eigenvalue weighted by molar-refractivity contribution is -0.0623. The van der Waals surface area contributed by atoms with E-state index in [0.717, 1.165) is 45.3 Å². The molecule has 0 spiro atoms. The molecule has 0 nitrogen and oxygen atoms in total. The molecule has 4 bridgehead atoms. The van der Waals surface area contributed by atoms with Crippen LogP contribution in [0.4, 0.5) is 0 Å². The zero-order valence-electron chi connectivity index (χ0n) is 24.8. The first-order valence-electron chi connectivity index (χ1n) is 15.0. The van der Waals surface area contributed by atoms with Crippen LogP contribution >= 0.6 is 0 Å². The Labute approximate surface area is 205 Å². The SMILES string of the molecule is CC.CC.CC(C)C12CCC(C(C)C)(CC1)CC2.CC(C)C12CCC(C(C)C)(CC1)CC2. The molecule has 0 amide bonds. The summed E-state index contributed by atoms with van der Waals surface area (Å²) < 4.78 is 0. The lowest BCUT2D eigenvalue weighted by Gasteiger charge is -2.57. The number of hydrogen-bond donors (Lipinski definition) is 0. The molecule has 0 aliphatic heterocycles. The van der Waals surface area contributed by atoms with Crippen molar-refractivity contribution in [2.75, 3.05) is 0 Å². The van der Waals surface area contributed by atoms with Gasteiger partial charge < -0.3 is 0 Å². The highest BCUT2D eigenvalue weighted by Gasteiger charge is 2.51. The molecule has 6 rings (SSSR count). The van der Waals surface area contributed by atoms with Crippen molar-refractivity contribution in [2.24, 2.45) is 45.3 Å². The van der Waals surface area contributed by atoms with Crippen LogP contribution in [0.15, 0.2) is 0 Å². The Balaban J connectivity index is 0.000000277. The lowest BCUT2D eigenvalue weighted by atomic mass is 9.48. The minimum Gasteiger partial charge on any atom is -0.0683 e. The third-order valence-corrected chi connectivity index (χ3v) is 11.6. The topological polar surface area (TPSA) is 0 Å². The first-order valence-corrected chi connectivity index (χ1v) is 15.0. The van der Waals surface area contributed by atoms with Crippen LogP contribution in [0.1, 0.15) is 160 Å². The van der Waals surface area contributed by atoms with Crippen LogP contribution in [0, 0.1) is 45.3 Å². The predicted molar refractivity (Wildman–Crippen MR) is 147 cm³/mol. The summed E-state index contributed by atoms with van der Waals surface area (Å²) in [5.74, 6) is 3.64. The number of fused-ring (bicyclic) bond motifs is 6. The van der Waals surface area contributed by atoms with Crippen molar-refractivity contribution in [3.05, 3.63) is 0 Å². The molecular weight excluding hydrogens is 384 g/mol. The van der Waals surface area contributed by atoms with Crippen LogP contribution in [0.3, 0.4) is 0 Å². The fourth-order valence-corrected chi connectivity index (χ4v) is 7.95. The quantitative estimate of drug-likeness (QED) is 0.401. The van der Waals surface area contributed by atoms with Gasteiger partial charge in [0.15, 0.2) is 0 Å². The third kappa shape index (κ3) is 5.79. The number of rotatable bonds is 4. The maximum atomic E-state index is 2.44. The largest absolute Gasteiger partial charge is 0.0683 e. The highest BCUT2D eigenvalue weighted by molar-refractivity contribution is 5.02. The summed E-state index contributed by atoms with van der Waals surface area (Å²) >= 11 is 0. The second kappa shape index (κ2) is 12.1. The maximum Gasteiger partial charge on any atom is -0.0274 e. The van der Waals surface area contributed by atoms with E-state index in [1.165, 1.54) is 77.0 Å². The fraction of sp³-hybridized carbons (Fsp3) is 1.00. The van der Waals surface area contributed by atoms with Crippen molar-refractivity contribution in [1.29, 1.82) is 0 Å². The Hall–Kier alpha value is 0. The van der Waals surface area contributed by atoms with E-state index in [1.54, 1.807) is 0 Å². The Morgan fingerprint density at radius 1 is 0.281 bits per heavy atom. The molecule has 0 aromatic rings. The zero-order valence-corrected chi connectivity index (χ0v) is 24.8. The summed E-state index contributed by atoms with van der Waals surface area (Å²) in [7, 11) is 0. The molecule has 0 saturated heterocycles. The van der Waals surface area contributed by atoms with E-state index in [1.807, 2.05) is 27.7 Å². The molecule has 0 atom stereocenters. The smallest absolute Gasteiger partial charge is 0.0274 e. The summed E-state index contributed by atoms with van der Waals surface area (Å²) in [6.45, 7) is 27.5. The first kappa shape index (κ1) is 30.0. The molecule has 6 aliphatic rings. The predicted octanol–water partition coefficient (Wildman–Crippen LogP) is 11.3. The van der Waals surface area contributed by atoms with E-state index >= 15 is 0 Å². The summed E-state index contributed by atoms with van der Waals surface area (Å²) in [6.07, 6.45) is 18.2. The molecule has 32 heavy (non-hydrogen) atoms. The van der Waals surface area contributed by atoms with Crippen molar-refractivity contribution < 1.29 is 0 Å². The summed E-state index contributed by atoms with van der Waals surface area (Å²) in [5, 5.41) is 0. The molecule has 6 aliphatic carbocycles. The molecule has 0 radical (unpaired) electrons. The van der Waals surface area contributed by atoms with Crippen LogP contribution in [0.5, 0.6) is 0 Å². The second-order valence-electron chi connectivity index (χ2n) is 13.1. The van der Waals surface area contributed by atoms with E-state index in [0.29, 0.717) is 0 Å². The second-order valence-corrected chi connectivity index (χ2v) is 13.1. The van der Waals surface area contributed by atoms with Gasteiger partial charge in [0, 0.05) is 0 Å². The highest BCUT2D eigenvalue weighted by Crippen LogP contribution is 2.63. The van der Waals surface area contributed by atoms with E-state index < -0.39 is 0 Å². The van der Waals surface area contributed by atoms with Crippen LogP contribution in [0.25, 0.3) is 0 Å². The molecule has 0 aromatic heterocycles. The molecule has 0 unspecified atom stereocenters. The van der Waals surface area contributed by atoms with Crippen molar-refractivity contribution in [3.8, 4) is 0 Å². The molecular formula is C32H64. The molecule has 6 fully saturated rings. The Morgan fingerprint density at radius 2 is 0.375 bits per heavy atom. The van der Waals surface area contributed by atoms with Gasteiger partial charge in [0.25, 0.3) is 0 Å². The van der Waals surface area contributed by atoms with Crippen LogP contribution in [-0.4, -0.2) is 0 Å². The Bertz CT molecular complexity index is 375. The minimum atomic E-state index is 0.747. The fourth-order valence-electron chi connectivity index (χ4n) is 7.95. The van der Waals surface area contributed by atoms with E-state index in [9.17, 15) is 0 Å². The van der Waals surface area contributed by atoms with Gasteiger partial charge in [-0.15, -0.1) is 0 Å². The Morgan fingerprint density at radius 3 is 0.438 bits per heavy atom. The third-order valence-electron chi connectivity index (χ3n) is 11.6. The number of hydrogen-bond acceptors (Lipinski definition) is 0. The van der Waals surface area contributed by atoms with Gasteiger partial charge in [-0.2, -0.15) is 0 Å². The zero-order chi connectivity index (χ0) is 24.8.